The quantitative estimate of drug-likeness (QED) is 0.0473. The fourth-order valence-electron chi connectivity index (χ4n) is 7.93. The van der Waals surface area contributed by atoms with Crippen molar-refractivity contribution in [2.45, 2.75) is 78.4 Å². The van der Waals surface area contributed by atoms with E-state index < -0.39 is 79.4 Å². The molecule has 3 aliphatic rings. The highest BCUT2D eigenvalue weighted by molar-refractivity contribution is 6.26. The van der Waals surface area contributed by atoms with Gasteiger partial charge in [0.15, 0.2) is 0 Å². The standard InChI is InChI=1S/C42H34N6O15/c1-7-42(61-38(50)20(3)63-44-36-26-13-23(46(53)54)10-19(2)33(26)34-27(36)14-24(47(55)56)15-31(34)48(57)58)29-16-32-35-22(17-45(32)37(49)28(29)18-59-39(42)51)11-21-12-25(8-9-30(21)43-35)60-40(52)62-41(4,5)6/h8-16,20H,7,17-18H2,1-6H3/b44-36+/t20-,42+/m1/s1. The fourth-order valence-corrected chi connectivity index (χ4v) is 7.93. The predicted molar refractivity (Wildman–Crippen MR) is 218 cm³/mol. The van der Waals surface area contributed by atoms with Gasteiger partial charge in [-0.25, -0.2) is 19.4 Å². The molecule has 0 saturated carbocycles. The maximum Gasteiger partial charge on any atom is 0.514 e. The number of oxime groups is 1. The van der Waals surface area contributed by atoms with Gasteiger partial charge in [0.1, 0.15) is 23.7 Å². The lowest BCUT2D eigenvalue weighted by molar-refractivity contribution is -0.393. The van der Waals surface area contributed by atoms with Crippen molar-refractivity contribution < 1.29 is 52.9 Å². The summed E-state index contributed by atoms with van der Waals surface area (Å²) in [5.74, 6) is -1.93. The maximum absolute atomic E-state index is 14.1. The molecule has 0 bridgehead atoms. The molecule has 0 amide bonds. The molecule has 2 aromatic heterocycles. The minimum atomic E-state index is -2.16. The number of aryl methyl sites for hydroxylation is 1. The highest BCUT2D eigenvalue weighted by Crippen LogP contribution is 2.48. The molecule has 2 aliphatic heterocycles. The van der Waals surface area contributed by atoms with Crippen molar-refractivity contribution in [1.29, 1.82) is 0 Å². The lowest BCUT2D eigenvalue weighted by Gasteiger charge is -2.36. The monoisotopic (exact) mass is 862 g/mol. The summed E-state index contributed by atoms with van der Waals surface area (Å²) >= 11 is 0. The van der Waals surface area contributed by atoms with Gasteiger partial charge in [0.25, 0.3) is 22.6 Å². The Labute approximate surface area is 354 Å². The maximum atomic E-state index is 14.1. The smallest absolute Gasteiger partial charge is 0.457 e. The van der Waals surface area contributed by atoms with Crippen LogP contribution in [0.1, 0.15) is 74.4 Å². The van der Waals surface area contributed by atoms with E-state index in [0.29, 0.717) is 27.9 Å². The number of carbonyl (C=O) groups excluding carboxylic acids is 3. The molecule has 0 N–H and O–H groups in total. The van der Waals surface area contributed by atoms with Crippen molar-refractivity contribution in [2.75, 3.05) is 0 Å². The van der Waals surface area contributed by atoms with Crippen LogP contribution in [0, 0.1) is 37.3 Å². The van der Waals surface area contributed by atoms with Crippen molar-refractivity contribution in [3.63, 3.8) is 0 Å². The topological polar surface area (TPSA) is 274 Å². The van der Waals surface area contributed by atoms with E-state index in [2.05, 4.69) is 5.16 Å². The van der Waals surface area contributed by atoms with Gasteiger partial charge in [0.05, 0.1) is 55.4 Å². The number of fused-ring (bicyclic) bond motifs is 8. The molecule has 0 unspecified atom stereocenters. The van der Waals surface area contributed by atoms with Crippen LogP contribution in [0.25, 0.3) is 33.4 Å². The van der Waals surface area contributed by atoms with Gasteiger partial charge >= 0.3 is 18.1 Å². The van der Waals surface area contributed by atoms with Crippen LogP contribution in [-0.4, -0.2) is 59.8 Å². The van der Waals surface area contributed by atoms with E-state index in [9.17, 15) is 49.5 Å². The molecule has 21 nitrogen and oxygen atoms in total. The van der Waals surface area contributed by atoms with Crippen LogP contribution in [0.2, 0.25) is 0 Å². The molecule has 4 heterocycles. The van der Waals surface area contributed by atoms with Gasteiger partial charge in [0, 0.05) is 51.4 Å². The second-order valence-electron chi connectivity index (χ2n) is 15.9. The molecule has 1 aliphatic carbocycles. The predicted octanol–water partition coefficient (Wildman–Crippen LogP) is 6.82. The summed E-state index contributed by atoms with van der Waals surface area (Å²) in [5.41, 5.74) is -3.44. The molecule has 0 radical (unpaired) electrons. The Morgan fingerprint density at radius 2 is 1.63 bits per heavy atom. The molecule has 2 atom stereocenters. The Kier molecular flexibility index (Phi) is 9.79. The lowest BCUT2D eigenvalue weighted by Crippen LogP contribution is -2.48. The molecular weight excluding hydrogens is 828 g/mol. The SMILES string of the molecule is CC[C@@]1(OC(=O)[C@@H](C)O/N=C2\c3cc([N+](=O)[O-])cc(C)c3-c3c2cc([N+](=O)[O-])cc3[N+](=O)[O-])C(=O)OCc2c1cc1n(c2=O)Cc2cc3cc(OC(=O)OC(C)(C)C)ccc3nc2-1. The number of carbonyl (C=O) groups is 3. The fraction of sp³-hybridized carbons (Fsp3) is 0.286. The van der Waals surface area contributed by atoms with Crippen LogP contribution in [0.3, 0.4) is 0 Å². The van der Waals surface area contributed by atoms with Gasteiger partial charge in [0.2, 0.25) is 11.7 Å². The third-order valence-corrected chi connectivity index (χ3v) is 10.7. The van der Waals surface area contributed by atoms with E-state index in [0.717, 1.165) is 18.2 Å². The molecule has 0 spiro atoms. The van der Waals surface area contributed by atoms with Crippen molar-refractivity contribution in [3.05, 3.63) is 129 Å². The number of nitrogens with zero attached hydrogens (tertiary/aromatic N) is 6. The highest BCUT2D eigenvalue weighted by Gasteiger charge is 2.51. The van der Waals surface area contributed by atoms with Crippen molar-refractivity contribution in [2.24, 2.45) is 5.16 Å². The molecule has 322 valence electrons. The zero-order valence-corrected chi connectivity index (χ0v) is 34.2. The first-order chi connectivity index (χ1) is 29.7. The lowest BCUT2D eigenvalue weighted by atomic mass is 9.85. The Balaban J connectivity index is 1.13. The van der Waals surface area contributed by atoms with Gasteiger partial charge in [-0.2, -0.15) is 0 Å². The number of aromatic nitrogens is 2. The summed E-state index contributed by atoms with van der Waals surface area (Å²) < 4.78 is 23.4. The number of nitro groups is 3. The highest BCUT2D eigenvalue weighted by atomic mass is 16.7. The van der Waals surface area contributed by atoms with Gasteiger partial charge in [-0.05, 0) is 76.9 Å². The number of benzene rings is 3. The number of cyclic esters (lactones) is 1. The molecule has 3 aromatic carbocycles. The molecule has 5 aromatic rings. The number of esters is 2. The van der Waals surface area contributed by atoms with Crippen LogP contribution >= 0.6 is 0 Å². The Morgan fingerprint density at radius 3 is 2.29 bits per heavy atom. The second kappa shape index (κ2) is 14.8. The Bertz CT molecular complexity index is 3020. The first-order valence-corrected chi connectivity index (χ1v) is 19.2. The summed E-state index contributed by atoms with van der Waals surface area (Å²) in [7, 11) is 0. The summed E-state index contributed by atoms with van der Waals surface area (Å²) in [5, 5.41) is 40.5. The third kappa shape index (κ3) is 7.01. The molecular formula is C42H34N6O15. The number of hydrogen-bond acceptors (Lipinski definition) is 17. The Hall–Kier alpha value is -8.10. The summed E-state index contributed by atoms with van der Waals surface area (Å²) in [4.78, 5) is 97.9. The van der Waals surface area contributed by atoms with Crippen molar-refractivity contribution in [1.82, 2.24) is 9.55 Å². The van der Waals surface area contributed by atoms with Crippen LogP contribution < -0.4 is 10.3 Å². The summed E-state index contributed by atoms with van der Waals surface area (Å²) in [6.07, 6.45) is -2.74. The van der Waals surface area contributed by atoms with Crippen LogP contribution in [-0.2, 0) is 47.4 Å². The summed E-state index contributed by atoms with van der Waals surface area (Å²) in [6.45, 7) is 9.00. The average Bonchev–Trinajstić information content (AvgIpc) is 3.73. The molecule has 8 rings (SSSR count). The van der Waals surface area contributed by atoms with Crippen molar-refractivity contribution in [3.8, 4) is 28.3 Å². The third-order valence-electron chi connectivity index (χ3n) is 10.7. The van der Waals surface area contributed by atoms with E-state index >= 15 is 0 Å². The first kappa shape index (κ1) is 41.6. The van der Waals surface area contributed by atoms with Crippen molar-refractivity contribution >= 4 is 51.8 Å². The number of non-ortho nitro benzene ring substituents is 2. The molecule has 21 heteroatoms. The van der Waals surface area contributed by atoms with Gasteiger partial charge in [-0.3, -0.25) is 35.1 Å². The number of pyridine rings is 2. The summed E-state index contributed by atoms with van der Waals surface area (Å²) in [6, 6.07) is 12.1. The zero-order chi connectivity index (χ0) is 45.4. The first-order valence-electron chi connectivity index (χ1n) is 19.2. The number of hydrogen-bond donors (Lipinski definition) is 0. The number of nitro benzene ring substituents is 3. The minimum Gasteiger partial charge on any atom is -0.457 e. The molecule has 0 fully saturated rings. The van der Waals surface area contributed by atoms with Gasteiger partial charge < -0.3 is 28.4 Å². The normalized spacial score (nSPS) is 16.8. The molecule has 0 saturated heterocycles. The largest absolute Gasteiger partial charge is 0.514 e. The Morgan fingerprint density at radius 1 is 0.952 bits per heavy atom. The van der Waals surface area contributed by atoms with E-state index in [-0.39, 0.29) is 63.4 Å². The second-order valence-corrected chi connectivity index (χ2v) is 15.9. The van der Waals surface area contributed by atoms with Crippen LogP contribution in [0.5, 0.6) is 5.75 Å². The number of ether oxygens (including phenoxy) is 4. The minimum absolute atomic E-state index is 0.0266. The van der Waals surface area contributed by atoms with E-state index in [4.69, 9.17) is 28.8 Å². The van der Waals surface area contributed by atoms with Gasteiger partial charge in [-0.1, -0.05) is 12.1 Å². The van der Waals surface area contributed by atoms with E-state index in [1.54, 1.807) is 45.0 Å². The van der Waals surface area contributed by atoms with Crippen LogP contribution in [0.15, 0.2) is 64.5 Å². The average molecular weight is 863 g/mol. The number of rotatable bonds is 9. The van der Waals surface area contributed by atoms with Gasteiger partial charge in [-0.15, -0.1) is 0 Å². The molecule has 63 heavy (non-hydrogen) atoms. The van der Waals surface area contributed by atoms with E-state index in [1.807, 2.05) is 0 Å². The van der Waals surface area contributed by atoms with Crippen LogP contribution in [0.4, 0.5) is 21.9 Å². The zero-order valence-electron chi connectivity index (χ0n) is 34.2. The van der Waals surface area contributed by atoms with E-state index in [1.165, 1.54) is 37.5 Å².